The first-order valence-electron chi connectivity index (χ1n) is 13.2. The molecule has 3 aromatic carbocycles. The molecule has 2 amide bonds. The summed E-state index contributed by atoms with van der Waals surface area (Å²) in [5, 5.41) is 13.2. The van der Waals surface area contributed by atoms with Crippen LogP contribution in [-0.2, 0) is 25.2 Å². The van der Waals surface area contributed by atoms with Crippen molar-refractivity contribution in [1.29, 1.82) is 0 Å². The van der Waals surface area contributed by atoms with Gasteiger partial charge < -0.3 is 14.7 Å². The van der Waals surface area contributed by atoms with E-state index in [9.17, 15) is 18.3 Å². The van der Waals surface area contributed by atoms with E-state index in [4.69, 9.17) is 16.3 Å². The lowest BCUT2D eigenvalue weighted by atomic mass is 9.80. The Morgan fingerprint density at radius 1 is 1.10 bits per heavy atom. The molecule has 0 spiro atoms. The lowest BCUT2D eigenvalue weighted by Crippen LogP contribution is -2.59. The monoisotopic (exact) mass is 625 g/mol. The highest BCUT2D eigenvalue weighted by Crippen LogP contribution is 2.55. The first kappa shape index (κ1) is 28.6. The van der Waals surface area contributed by atoms with Crippen molar-refractivity contribution in [2.45, 2.75) is 29.0 Å². The van der Waals surface area contributed by atoms with Crippen molar-refractivity contribution in [3.8, 4) is 5.75 Å². The predicted octanol–water partition coefficient (Wildman–Crippen LogP) is 4.07. The van der Waals surface area contributed by atoms with E-state index in [0.29, 0.717) is 16.7 Å². The van der Waals surface area contributed by atoms with Gasteiger partial charge in [-0.25, -0.2) is 12.7 Å². The van der Waals surface area contributed by atoms with Crippen LogP contribution in [-0.4, -0.2) is 75.0 Å². The molecule has 1 N–H and O–H groups in total. The molecular weight excluding hydrogens is 598 g/mol. The summed E-state index contributed by atoms with van der Waals surface area (Å²) in [5.74, 6) is -0.831. The molecule has 9 nitrogen and oxygen atoms in total. The van der Waals surface area contributed by atoms with Gasteiger partial charge in [0.25, 0.3) is 15.9 Å². The fourth-order valence-corrected chi connectivity index (χ4v) is 9.30. The summed E-state index contributed by atoms with van der Waals surface area (Å²) in [7, 11) is 0.185. The zero-order valence-corrected chi connectivity index (χ0v) is 25.4. The highest BCUT2D eigenvalue weighted by molar-refractivity contribution is 7.94. The summed E-state index contributed by atoms with van der Waals surface area (Å²) in [6.07, 6.45) is -0.897. The van der Waals surface area contributed by atoms with Gasteiger partial charge in [0, 0.05) is 52.3 Å². The van der Waals surface area contributed by atoms with E-state index in [1.165, 1.54) is 40.9 Å². The van der Waals surface area contributed by atoms with Gasteiger partial charge >= 0.3 is 0 Å². The molecular formula is C30H28ClN3O6S2. The van der Waals surface area contributed by atoms with Crippen molar-refractivity contribution in [3.63, 3.8) is 0 Å². The van der Waals surface area contributed by atoms with Crippen LogP contribution < -0.4 is 9.04 Å². The number of methoxy groups -OCH3 is 1. The zero-order valence-electron chi connectivity index (χ0n) is 23.0. The molecule has 1 fully saturated rings. The molecule has 0 saturated carbocycles. The largest absolute Gasteiger partial charge is 0.496 e. The third-order valence-electron chi connectivity index (χ3n) is 7.96. The Morgan fingerprint density at radius 3 is 2.55 bits per heavy atom. The van der Waals surface area contributed by atoms with Gasteiger partial charge in [0.2, 0.25) is 5.91 Å². The van der Waals surface area contributed by atoms with Crippen LogP contribution in [0.25, 0.3) is 10.1 Å². The van der Waals surface area contributed by atoms with Crippen LogP contribution in [0.2, 0.25) is 5.02 Å². The van der Waals surface area contributed by atoms with Crippen molar-refractivity contribution in [1.82, 2.24) is 9.80 Å². The number of thiophene rings is 1. The predicted molar refractivity (Wildman–Crippen MR) is 162 cm³/mol. The average molecular weight is 626 g/mol. The van der Waals surface area contributed by atoms with Gasteiger partial charge in [-0.3, -0.25) is 14.5 Å². The Kier molecular flexibility index (Phi) is 7.06. The molecule has 3 heterocycles. The number of ether oxygens (including phenoxy) is 1. The molecule has 2 aliphatic rings. The quantitative estimate of drug-likeness (QED) is 0.344. The van der Waals surface area contributed by atoms with Crippen LogP contribution in [0.5, 0.6) is 5.75 Å². The summed E-state index contributed by atoms with van der Waals surface area (Å²) >= 11 is 7.80. The molecule has 0 bridgehead atoms. The number of sulfonamides is 1. The van der Waals surface area contributed by atoms with Crippen LogP contribution >= 0.6 is 22.9 Å². The Morgan fingerprint density at radius 2 is 1.81 bits per heavy atom. The fraction of sp³-hybridized carbons (Fsp3) is 0.267. The number of halogens is 1. The van der Waals surface area contributed by atoms with Crippen LogP contribution in [0.1, 0.15) is 17.5 Å². The van der Waals surface area contributed by atoms with Crippen LogP contribution in [0.4, 0.5) is 5.69 Å². The molecule has 4 aromatic rings. The number of fused-ring (bicyclic) bond motifs is 2. The van der Waals surface area contributed by atoms with E-state index in [-0.39, 0.29) is 40.0 Å². The van der Waals surface area contributed by atoms with Crippen LogP contribution in [0.3, 0.4) is 0 Å². The molecule has 1 unspecified atom stereocenters. The number of likely N-dealkylation sites (tertiary alicyclic amines) is 1. The maximum absolute atomic E-state index is 15.2. The summed E-state index contributed by atoms with van der Waals surface area (Å²) < 4.78 is 36.4. The van der Waals surface area contributed by atoms with Gasteiger partial charge in [-0.05, 0) is 36.8 Å². The van der Waals surface area contributed by atoms with Crippen LogP contribution in [0.15, 0.2) is 77.0 Å². The molecule has 12 heteroatoms. The number of nitrogens with zero attached hydrogens (tertiary/aromatic N) is 3. The Bertz CT molecular complexity index is 1840. The first-order valence-corrected chi connectivity index (χ1v) is 15.9. The molecule has 42 heavy (non-hydrogen) atoms. The molecule has 2 aliphatic heterocycles. The number of hydrogen-bond acceptors (Lipinski definition) is 8. The minimum absolute atomic E-state index is 0.00412. The molecule has 0 radical (unpaired) electrons. The van der Waals surface area contributed by atoms with Gasteiger partial charge in [-0.15, -0.1) is 11.3 Å². The third-order valence-corrected chi connectivity index (χ3v) is 11.0. The van der Waals surface area contributed by atoms with Crippen molar-refractivity contribution < 1.29 is 27.9 Å². The summed E-state index contributed by atoms with van der Waals surface area (Å²) in [4.78, 5) is 31.7. The standard InChI is InChI=1S/C30H28ClN3O6S2/c1-32(2)28(36)24-15-19(35)16-33(24)30(21-9-5-6-10-25(21)40-3)22-14-18(31)12-13-23(22)34(29(30)37)42(38,39)27-17-41-26-11-7-4-8-20(26)27/h4-14,17,19,24,35H,15-16H2,1-3H3/t19-,24+,30?/m1/s1. The van der Waals surface area contributed by atoms with E-state index < -0.39 is 33.6 Å². The number of benzene rings is 3. The Balaban J connectivity index is 1.69. The zero-order chi connectivity index (χ0) is 30.0. The fourth-order valence-electron chi connectivity index (χ4n) is 6.19. The van der Waals surface area contributed by atoms with Gasteiger partial charge in [0.05, 0.1) is 24.9 Å². The van der Waals surface area contributed by atoms with E-state index in [0.717, 1.165) is 9.01 Å². The highest BCUT2D eigenvalue weighted by Gasteiger charge is 2.64. The molecule has 3 atom stereocenters. The SMILES string of the molecule is COc1ccccc1C1(N2C[C@H](O)C[C@H]2C(=O)N(C)C)C(=O)N(S(=O)(=O)c2csc3ccccc23)c2ccc(Cl)cc21. The second-order valence-corrected chi connectivity index (χ2v) is 13.6. The number of carbonyl (C=O) groups excluding carboxylic acids is 2. The smallest absolute Gasteiger partial charge is 0.272 e. The number of likely N-dealkylation sites (N-methyl/N-ethyl adjacent to an activating group) is 1. The van der Waals surface area contributed by atoms with Gasteiger partial charge in [0.1, 0.15) is 10.6 Å². The molecule has 1 saturated heterocycles. The first-order chi connectivity index (χ1) is 20.0. The number of carbonyl (C=O) groups is 2. The number of aliphatic hydroxyl groups excluding tert-OH is 1. The molecule has 6 rings (SSSR count). The number of β-amino-alcohol motifs (C(OH)–C–C–N with tert-alkyl or cyclic N) is 1. The van der Waals surface area contributed by atoms with Crippen molar-refractivity contribution in [2.75, 3.05) is 32.1 Å². The number of amides is 2. The van der Waals surface area contributed by atoms with E-state index in [2.05, 4.69) is 0 Å². The topological polar surface area (TPSA) is 107 Å². The van der Waals surface area contributed by atoms with Gasteiger partial charge in [-0.2, -0.15) is 0 Å². The number of rotatable bonds is 6. The third kappa shape index (κ3) is 4.06. The lowest BCUT2D eigenvalue weighted by molar-refractivity contribution is -0.138. The summed E-state index contributed by atoms with van der Waals surface area (Å²) in [5.41, 5.74) is -1.15. The normalized spacial score (nSPS) is 22.5. The second-order valence-electron chi connectivity index (χ2n) is 10.5. The van der Waals surface area contributed by atoms with E-state index >= 15 is 4.79 Å². The van der Waals surface area contributed by atoms with Gasteiger partial charge in [0.15, 0.2) is 5.54 Å². The average Bonchev–Trinajstić information content (AvgIpc) is 3.65. The van der Waals surface area contributed by atoms with Crippen molar-refractivity contribution in [3.05, 3.63) is 88.3 Å². The molecule has 1 aromatic heterocycles. The second kappa shape index (κ2) is 10.4. The van der Waals surface area contributed by atoms with Gasteiger partial charge in [-0.1, -0.05) is 48.0 Å². The van der Waals surface area contributed by atoms with Crippen LogP contribution in [0, 0.1) is 0 Å². The highest BCUT2D eigenvalue weighted by atomic mass is 35.5. The van der Waals surface area contributed by atoms with E-state index in [1.807, 2.05) is 12.1 Å². The molecule has 0 aliphatic carbocycles. The number of anilines is 1. The maximum Gasteiger partial charge on any atom is 0.272 e. The minimum Gasteiger partial charge on any atom is -0.496 e. The molecule has 218 valence electrons. The van der Waals surface area contributed by atoms with E-state index in [1.54, 1.807) is 61.5 Å². The number of hydrogen-bond donors (Lipinski definition) is 1. The minimum atomic E-state index is -4.47. The Hall–Kier alpha value is -3.48. The maximum atomic E-state index is 15.2. The number of aliphatic hydroxyl groups is 1. The van der Waals surface area contributed by atoms with Crippen molar-refractivity contribution >= 4 is 60.5 Å². The Labute approximate surface area is 252 Å². The van der Waals surface area contributed by atoms with Crippen molar-refractivity contribution in [2.24, 2.45) is 0 Å². The summed E-state index contributed by atoms with van der Waals surface area (Å²) in [6.45, 7) is -0.0741. The summed E-state index contributed by atoms with van der Waals surface area (Å²) in [6, 6.07) is 17.6. The number of para-hydroxylation sites is 1. The lowest BCUT2D eigenvalue weighted by Gasteiger charge is -2.42.